The molecular weight excluding hydrogens is 392 g/mol. The normalized spacial score (nSPS) is 16.2. The highest BCUT2D eigenvalue weighted by Crippen LogP contribution is 2.25. The minimum atomic E-state index is -0.755. The molecular formula is C20H22N4O6. The zero-order chi connectivity index (χ0) is 21.3. The maximum atomic E-state index is 13.1. The van der Waals surface area contributed by atoms with E-state index in [9.17, 15) is 19.2 Å². The molecule has 3 heterocycles. The number of carbonyl (C=O) groups excluding carboxylic acids is 2. The predicted molar refractivity (Wildman–Crippen MR) is 108 cm³/mol. The molecule has 2 aromatic heterocycles. The summed E-state index contributed by atoms with van der Waals surface area (Å²) in [5.74, 6) is -0.914. The molecule has 1 aromatic carbocycles. The van der Waals surface area contributed by atoms with Crippen molar-refractivity contribution in [3.63, 3.8) is 0 Å². The molecule has 0 radical (unpaired) electrons. The fraction of sp³-hybridized carbons (Fsp3) is 0.400. The van der Waals surface area contributed by atoms with E-state index < -0.39 is 29.6 Å². The Kier molecular flexibility index (Phi) is 5.40. The summed E-state index contributed by atoms with van der Waals surface area (Å²) in [4.78, 5) is 50.4. The van der Waals surface area contributed by atoms with Gasteiger partial charge in [0.25, 0.3) is 5.56 Å². The molecule has 1 atom stereocenters. The second kappa shape index (κ2) is 8.15. The molecule has 0 saturated carbocycles. The summed E-state index contributed by atoms with van der Waals surface area (Å²) < 4.78 is 13.1. The average molecular weight is 414 g/mol. The van der Waals surface area contributed by atoms with Gasteiger partial charge in [0, 0.05) is 25.6 Å². The molecule has 30 heavy (non-hydrogen) atoms. The van der Waals surface area contributed by atoms with Crippen molar-refractivity contribution in [1.82, 2.24) is 19.8 Å². The standard InChI is InChI=1S/C20H22N4O6/c1-21-15(25)10-24-19(27)18-17(13-6-2-3-7-14(13)30-18)23(20(24)28)11-16(26)22-9-12-5-4-8-29-12/h2-3,6-7,12H,4-5,8-11H2,1H3,(H,21,25)(H,22,26)/t12-/m1/s1. The maximum Gasteiger partial charge on any atom is 0.332 e. The topological polar surface area (TPSA) is 125 Å². The average Bonchev–Trinajstić information content (AvgIpc) is 3.40. The Morgan fingerprint density at radius 1 is 1.13 bits per heavy atom. The van der Waals surface area contributed by atoms with Crippen molar-refractivity contribution in [2.24, 2.45) is 0 Å². The molecule has 4 rings (SSSR count). The van der Waals surface area contributed by atoms with Crippen LogP contribution in [0.2, 0.25) is 0 Å². The van der Waals surface area contributed by atoms with Crippen molar-refractivity contribution >= 4 is 33.9 Å². The minimum Gasteiger partial charge on any atom is -0.449 e. The van der Waals surface area contributed by atoms with Crippen LogP contribution in [0.1, 0.15) is 12.8 Å². The Balaban J connectivity index is 1.79. The van der Waals surface area contributed by atoms with Gasteiger partial charge < -0.3 is 19.8 Å². The van der Waals surface area contributed by atoms with Crippen molar-refractivity contribution in [1.29, 1.82) is 0 Å². The lowest BCUT2D eigenvalue weighted by Gasteiger charge is -2.13. The number of fused-ring (bicyclic) bond motifs is 3. The number of hydrogen-bond donors (Lipinski definition) is 2. The number of likely N-dealkylation sites (N-methyl/N-ethyl adjacent to an activating group) is 1. The summed E-state index contributed by atoms with van der Waals surface area (Å²) >= 11 is 0. The molecule has 0 spiro atoms. The molecule has 1 aliphatic heterocycles. The number of para-hydroxylation sites is 1. The van der Waals surface area contributed by atoms with Gasteiger partial charge in [0.1, 0.15) is 24.2 Å². The summed E-state index contributed by atoms with van der Waals surface area (Å²) in [6.07, 6.45) is 1.78. The first-order valence-corrected chi connectivity index (χ1v) is 9.73. The van der Waals surface area contributed by atoms with E-state index in [4.69, 9.17) is 9.15 Å². The fourth-order valence-corrected chi connectivity index (χ4v) is 3.64. The highest BCUT2D eigenvalue weighted by molar-refractivity contribution is 6.02. The summed E-state index contributed by atoms with van der Waals surface area (Å²) in [5.41, 5.74) is -0.899. The van der Waals surface area contributed by atoms with Crippen LogP contribution >= 0.6 is 0 Å². The first-order chi connectivity index (χ1) is 14.5. The van der Waals surface area contributed by atoms with Crippen LogP contribution in [0.3, 0.4) is 0 Å². The van der Waals surface area contributed by atoms with Gasteiger partial charge in [-0.15, -0.1) is 0 Å². The SMILES string of the molecule is CNC(=O)Cn1c(=O)c2oc3ccccc3c2n(CC(=O)NC[C@H]2CCCO2)c1=O. The number of rotatable bonds is 6. The van der Waals surface area contributed by atoms with E-state index in [1.165, 1.54) is 11.6 Å². The zero-order valence-corrected chi connectivity index (χ0v) is 16.5. The summed E-state index contributed by atoms with van der Waals surface area (Å²) in [5, 5.41) is 5.70. The maximum absolute atomic E-state index is 13.1. The number of ether oxygens (including phenoxy) is 1. The fourth-order valence-electron chi connectivity index (χ4n) is 3.64. The van der Waals surface area contributed by atoms with Crippen LogP contribution < -0.4 is 21.9 Å². The number of hydrogen-bond acceptors (Lipinski definition) is 6. The van der Waals surface area contributed by atoms with E-state index in [0.717, 1.165) is 17.4 Å². The number of nitrogens with zero attached hydrogens (tertiary/aromatic N) is 2. The number of amides is 2. The van der Waals surface area contributed by atoms with E-state index >= 15 is 0 Å². The lowest BCUT2D eigenvalue weighted by Crippen LogP contribution is -2.45. The third kappa shape index (κ3) is 3.61. The van der Waals surface area contributed by atoms with Gasteiger partial charge in [0.15, 0.2) is 0 Å². The number of furan rings is 1. The van der Waals surface area contributed by atoms with E-state index in [0.29, 0.717) is 24.1 Å². The first-order valence-electron chi connectivity index (χ1n) is 9.73. The highest BCUT2D eigenvalue weighted by atomic mass is 16.5. The molecule has 0 unspecified atom stereocenters. The number of benzene rings is 1. The van der Waals surface area contributed by atoms with Gasteiger partial charge in [-0.1, -0.05) is 12.1 Å². The van der Waals surface area contributed by atoms with E-state index in [1.807, 2.05) is 0 Å². The van der Waals surface area contributed by atoms with Crippen LogP contribution in [0.4, 0.5) is 0 Å². The third-order valence-corrected chi connectivity index (χ3v) is 5.17. The van der Waals surface area contributed by atoms with Crippen LogP contribution in [-0.4, -0.2) is 47.3 Å². The first kappa shape index (κ1) is 19.9. The Labute approximate surface area is 170 Å². The van der Waals surface area contributed by atoms with E-state index in [-0.39, 0.29) is 23.7 Å². The van der Waals surface area contributed by atoms with E-state index in [1.54, 1.807) is 24.3 Å². The van der Waals surface area contributed by atoms with Gasteiger partial charge in [-0.25, -0.2) is 9.36 Å². The third-order valence-electron chi connectivity index (χ3n) is 5.17. The number of nitrogens with one attached hydrogen (secondary N) is 2. The number of aromatic nitrogens is 2. The Morgan fingerprint density at radius 2 is 1.90 bits per heavy atom. The van der Waals surface area contributed by atoms with Crippen LogP contribution in [0.5, 0.6) is 0 Å². The van der Waals surface area contributed by atoms with Crippen molar-refractivity contribution in [3.8, 4) is 0 Å². The summed E-state index contributed by atoms with van der Waals surface area (Å²) in [6.45, 7) is 0.227. The second-order valence-electron chi connectivity index (χ2n) is 7.15. The molecule has 158 valence electrons. The van der Waals surface area contributed by atoms with Crippen molar-refractivity contribution in [3.05, 3.63) is 45.1 Å². The Hall–Kier alpha value is -3.40. The van der Waals surface area contributed by atoms with Crippen molar-refractivity contribution in [2.45, 2.75) is 32.0 Å². The van der Waals surface area contributed by atoms with Gasteiger partial charge >= 0.3 is 5.69 Å². The molecule has 3 aromatic rings. The lowest BCUT2D eigenvalue weighted by atomic mass is 10.2. The van der Waals surface area contributed by atoms with E-state index in [2.05, 4.69) is 10.6 Å². The van der Waals surface area contributed by atoms with Crippen LogP contribution in [0, 0.1) is 0 Å². The molecule has 1 saturated heterocycles. The molecule has 0 aliphatic carbocycles. The van der Waals surface area contributed by atoms with Gasteiger partial charge in [-0.2, -0.15) is 0 Å². The highest BCUT2D eigenvalue weighted by Gasteiger charge is 2.23. The smallest absolute Gasteiger partial charge is 0.332 e. The van der Waals surface area contributed by atoms with Gasteiger partial charge in [0.2, 0.25) is 17.4 Å². The van der Waals surface area contributed by atoms with Gasteiger partial charge in [-0.05, 0) is 25.0 Å². The molecule has 0 bridgehead atoms. The summed E-state index contributed by atoms with van der Waals surface area (Å²) in [7, 11) is 1.41. The molecule has 1 aliphatic rings. The van der Waals surface area contributed by atoms with Crippen LogP contribution in [0.25, 0.3) is 22.1 Å². The molecule has 2 N–H and O–H groups in total. The second-order valence-corrected chi connectivity index (χ2v) is 7.15. The Bertz CT molecular complexity index is 1230. The van der Waals surface area contributed by atoms with Gasteiger partial charge in [0.05, 0.1) is 6.10 Å². The largest absolute Gasteiger partial charge is 0.449 e. The molecule has 10 nitrogen and oxygen atoms in total. The molecule has 1 fully saturated rings. The summed E-state index contributed by atoms with van der Waals surface area (Å²) in [6, 6.07) is 6.87. The molecule has 10 heteroatoms. The van der Waals surface area contributed by atoms with Crippen LogP contribution in [-0.2, 0) is 27.4 Å². The molecule has 2 amide bonds. The minimum absolute atomic E-state index is 0.0392. The van der Waals surface area contributed by atoms with Crippen molar-refractivity contribution < 1.29 is 18.7 Å². The predicted octanol–water partition coefficient (Wildman–Crippen LogP) is -0.0494. The Morgan fingerprint density at radius 3 is 2.63 bits per heavy atom. The van der Waals surface area contributed by atoms with Crippen LogP contribution in [0.15, 0.2) is 38.3 Å². The quantitative estimate of drug-likeness (QED) is 0.583. The monoisotopic (exact) mass is 414 g/mol. The number of carbonyl (C=O) groups is 2. The lowest BCUT2D eigenvalue weighted by molar-refractivity contribution is -0.122. The van der Waals surface area contributed by atoms with Crippen molar-refractivity contribution in [2.75, 3.05) is 20.2 Å². The van der Waals surface area contributed by atoms with Gasteiger partial charge in [-0.3, -0.25) is 19.0 Å². The zero-order valence-electron chi connectivity index (χ0n) is 16.5.